The van der Waals surface area contributed by atoms with E-state index in [1.54, 1.807) is 19.3 Å². The van der Waals surface area contributed by atoms with E-state index < -0.39 is 0 Å². The highest BCUT2D eigenvalue weighted by Gasteiger charge is 2.66. The quantitative estimate of drug-likeness (QED) is 0.560. The summed E-state index contributed by atoms with van der Waals surface area (Å²) in [6, 6.07) is 0. The summed E-state index contributed by atoms with van der Waals surface area (Å²) in [5.74, 6) is 8.74. The minimum absolute atomic E-state index is 0.941. The summed E-state index contributed by atoms with van der Waals surface area (Å²) < 4.78 is 0. The van der Waals surface area contributed by atoms with Crippen LogP contribution in [0.25, 0.3) is 0 Å². The Hall–Kier alpha value is -0.520. The smallest absolute Gasteiger partial charge is 0.0133 e. The minimum atomic E-state index is 0.941. The molecule has 0 heterocycles. The van der Waals surface area contributed by atoms with Crippen LogP contribution in [0.2, 0.25) is 0 Å². The van der Waals surface area contributed by atoms with Crippen LogP contribution in [0.1, 0.15) is 19.3 Å². The molecule has 0 spiro atoms. The fourth-order valence-electron chi connectivity index (χ4n) is 5.74. The number of hydrogen-bond donors (Lipinski definition) is 0. The molecule has 78 valence electrons. The summed E-state index contributed by atoms with van der Waals surface area (Å²) in [7, 11) is 0. The van der Waals surface area contributed by atoms with E-state index in [1.165, 1.54) is 11.8 Å². The zero-order valence-corrected chi connectivity index (χ0v) is 9.05. The number of hydrogen-bond acceptors (Lipinski definition) is 0. The van der Waals surface area contributed by atoms with E-state index in [2.05, 4.69) is 24.3 Å². The van der Waals surface area contributed by atoms with E-state index in [4.69, 9.17) is 0 Å². The summed E-state index contributed by atoms with van der Waals surface area (Å²) in [5.41, 5.74) is 0. The van der Waals surface area contributed by atoms with Gasteiger partial charge in [0.25, 0.3) is 0 Å². The van der Waals surface area contributed by atoms with Gasteiger partial charge in [-0.3, -0.25) is 0 Å². The van der Waals surface area contributed by atoms with Gasteiger partial charge < -0.3 is 0 Å². The monoisotopic (exact) mass is 198 g/mol. The molecule has 0 aliphatic heterocycles. The molecule has 4 fully saturated rings. The molecule has 5 rings (SSSR count). The minimum Gasteiger partial charge on any atom is -0.0805 e. The fourth-order valence-corrected chi connectivity index (χ4v) is 5.74. The molecule has 0 amide bonds. The lowest BCUT2D eigenvalue weighted by atomic mass is 9.57. The van der Waals surface area contributed by atoms with Crippen LogP contribution in [0.15, 0.2) is 24.3 Å². The summed E-state index contributed by atoms with van der Waals surface area (Å²) in [5, 5.41) is 0. The van der Waals surface area contributed by atoms with E-state index >= 15 is 0 Å². The average Bonchev–Trinajstić information content (AvgIpc) is 2.90. The molecular formula is C15H18. The van der Waals surface area contributed by atoms with Gasteiger partial charge in [-0.1, -0.05) is 24.3 Å². The molecule has 15 heavy (non-hydrogen) atoms. The van der Waals surface area contributed by atoms with Gasteiger partial charge in [0, 0.05) is 0 Å². The summed E-state index contributed by atoms with van der Waals surface area (Å²) in [6.07, 6.45) is 14.4. The topological polar surface area (TPSA) is 0 Å². The number of fused-ring (bicyclic) bond motifs is 5. The molecule has 0 saturated heterocycles. The first kappa shape index (κ1) is 7.70. The van der Waals surface area contributed by atoms with Gasteiger partial charge in [0.2, 0.25) is 0 Å². The molecule has 0 radical (unpaired) electrons. The first-order chi connectivity index (χ1) is 7.43. The Bertz CT molecular complexity index is 377. The predicted molar refractivity (Wildman–Crippen MR) is 60.1 cm³/mol. The Kier molecular flexibility index (Phi) is 1.16. The van der Waals surface area contributed by atoms with Crippen molar-refractivity contribution < 1.29 is 0 Å². The highest BCUT2D eigenvalue weighted by molar-refractivity contribution is 5.26. The second-order valence-electron chi connectivity index (χ2n) is 6.62. The third kappa shape index (κ3) is 0.756. The van der Waals surface area contributed by atoms with Gasteiger partial charge in [0.15, 0.2) is 0 Å². The molecule has 0 bridgehead atoms. The first-order valence-corrected chi connectivity index (χ1v) is 6.78. The molecule has 5 aliphatic rings. The summed E-state index contributed by atoms with van der Waals surface area (Å²) in [4.78, 5) is 0. The van der Waals surface area contributed by atoms with Gasteiger partial charge in [-0.2, -0.15) is 0 Å². The van der Waals surface area contributed by atoms with Crippen molar-refractivity contribution in [3.8, 4) is 0 Å². The summed E-state index contributed by atoms with van der Waals surface area (Å²) in [6.45, 7) is 0. The van der Waals surface area contributed by atoms with Crippen LogP contribution < -0.4 is 0 Å². The summed E-state index contributed by atoms with van der Waals surface area (Å²) >= 11 is 0. The lowest BCUT2D eigenvalue weighted by Gasteiger charge is -2.48. The second kappa shape index (κ2) is 2.26. The van der Waals surface area contributed by atoms with Crippen molar-refractivity contribution in [2.45, 2.75) is 19.3 Å². The van der Waals surface area contributed by atoms with Crippen molar-refractivity contribution in [3.05, 3.63) is 24.3 Å². The van der Waals surface area contributed by atoms with Crippen molar-refractivity contribution >= 4 is 0 Å². The van der Waals surface area contributed by atoms with Crippen molar-refractivity contribution in [3.63, 3.8) is 0 Å². The Morgan fingerprint density at radius 1 is 0.667 bits per heavy atom. The van der Waals surface area contributed by atoms with Crippen LogP contribution in [-0.4, -0.2) is 0 Å². The average molecular weight is 198 g/mol. The SMILES string of the molecule is C1=CC2C(C=C1)C1CC3C4CC4CC2C13. The standard InChI is InChI=1S/C15H18/c1-2-4-10-9(3-1)12-6-8-5-11(8)14-7-13(10)15(12)14/h1-4,8-15H,5-7H2. The van der Waals surface area contributed by atoms with E-state index in [-0.39, 0.29) is 0 Å². The molecule has 0 aromatic carbocycles. The van der Waals surface area contributed by atoms with Gasteiger partial charge in [0.1, 0.15) is 0 Å². The van der Waals surface area contributed by atoms with Crippen LogP contribution in [0.5, 0.6) is 0 Å². The maximum Gasteiger partial charge on any atom is -0.0133 e. The molecule has 0 aromatic heterocycles. The third-order valence-corrected chi connectivity index (χ3v) is 6.34. The molecule has 5 aliphatic carbocycles. The van der Waals surface area contributed by atoms with Gasteiger partial charge in [-0.15, -0.1) is 0 Å². The molecule has 0 nitrogen and oxygen atoms in total. The van der Waals surface area contributed by atoms with Crippen LogP contribution >= 0.6 is 0 Å². The normalized spacial score (nSPS) is 66.7. The number of rotatable bonds is 0. The molecule has 0 aromatic rings. The predicted octanol–water partition coefficient (Wildman–Crippen LogP) is 3.27. The van der Waals surface area contributed by atoms with Crippen LogP contribution in [0.4, 0.5) is 0 Å². The van der Waals surface area contributed by atoms with E-state index in [0.717, 1.165) is 35.5 Å². The molecular weight excluding hydrogens is 180 g/mol. The fraction of sp³-hybridized carbons (Fsp3) is 0.733. The van der Waals surface area contributed by atoms with Gasteiger partial charge in [0.05, 0.1) is 0 Å². The first-order valence-electron chi connectivity index (χ1n) is 6.78. The number of allylic oxidation sites excluding steroid dienone is 4. The van der Waals surface area contributed by atoms with Gasteiger partial charge >= 0.3 is 0 Å². The Balaban J connectivity index is 1.59. The van der Waals surface area contributed by atoms with E-state index in [1.807, 2.05) is 0 Å². The lowest BCUT2D eigenvalue weighted by Crippen LogP contribution is -2.42. The maximum atomic E-state index is 2.54. The molecule has 0 N–H and O–H groups in total. The highest BCUT2D eigenvalue weighted by atomic mass is 14.7. The van der Waals surface area contributed by atoms with E-state index in [0.29, 0.717) is 0 Å². The van der Waals surface area contributed by atoms with Crippen molar-refractivity contribution in [1.82, 2.24) is 0 Å². The second-order valence-corrected chi connectivity index (χ2v) is 6.62. The Labute approximate surface area is 91.4 Å². The largest absolute Gasteiger partial charge is 0.0805 e. The Morgan fingerprint density at radius 3 is 2.13 bits per heavy atom. The zero-order valence-electron chi connectivity index (χ0n) is 9.05. The molecule has 8 atom stereocenters. The third-order valence-electron chi connectivity index (χ3n) is 6.34. The Morgan fingerprint density at radius 2 is 1.33 bits per heavy atom. The van der Waals surface area contributed by atoms with Gasteiger partial charge in [-0.25, -0.2) is 0 Å². The van der Waals surface area contributed by atoms with Crippen molar-refractivity contribution in [2.75, 3.05) is 0 Å². The van der Waals surface area contributed by atoms with Crippen LogP contribution in [0.3, 0.4) is 0 Å². The molecule has 0 heteroatoms. The van der Waals surface area contributed by atoms with Crippen molar-refractivity contribution in [2.24, 2.45) is 47.3 Å². The molecule has 8 unspecified atom stereocenters. The zero-order chi connectivity index (χ0) is 9.57. The highest BCUT2D eigenvalue weighted by Crippen LogP contribution is 2.73. The van der Waals surface area contributed by atoms with Crippen LogP contribution in [-0.2, 0) is 0 Å². The lowest BCUT2D eigenvalue weighted by molar-refractivity contribution is 0.00852. The van der Waals surface area contributed by atoms with Crippen molar-refractivity contribution in [1.29, 1.82) is 0 Å². The van der Waals surface area contributed by atoms with Crippen LogP contribution in [0, 0.1) is 47.3 Å². The molecule has 4 saturated carbocycles. The maximum absolute atomic E-state index is 2.54. The van der Waals surface area contributed by atoms with Gasteiger partial charge in [-0.05, 0) is 66.6 Å². The van der Waals surface area contributed by atoms with E-state index in [9.17, 15) is 0 Å².